The highest BCUT2D eigenvalue weighted by atomic mass is 16.5. The van der Waals surface area contributed by atoms with E-state index in [9.17, 15) is 9.59 Å². The van der Waals surface area contributed by atoms with Crippen LogP contribution in [0.4, 0.5) is 0 Å². The van der Waals surface area contributed by atoms with Gasteiger partial charge in [-0.25, -0.2) is 4.98 Å². The van der Waals surface area contributed by atoms with E-state index in [1.54, 1.807) is 55.6 Å². The number of fused-ring (bicyclic) bond motifs is 2. The molecule has 0 fully saturated rings. The number of ketones is 2. The van der Waals surface area contributed by atoms with Crippen LogP contribution in [0, 0.1) is 0 Å². The minimum atomic E-state index is -0.317. The average Bonchev–Trinajstić information content (AvgIpc) is 3.05. The van der Waals surface area contributed by atoms with Gasteiger partial charge < -0.3 is 9.15 Å². The summed E-state index contributed by atoms with van der Waals surface area (Å²) in [6.07, 6.45) is 0. The topological polar surface area (TPSA) is 69.4 Å². The van der Waals surface area contributed by atoms with Gasteiger partial charge in [0.2, 0.25) is 23.2 Å². The highest BCUT2D eigenvalue weighted by Crippen LogP contribution is 2.31. The lowest BCUT2D eigenvalue weighted by atomic mass is 9.91. The number of hydrogen-bond donors (Lipinski definition) is 0. The molecule has 4 rings (SSSR count). The molecule has 1 heterocycles. The van der Waals surface area contributed by atoms with Crippen molar-refractivity contribution in [3.05, 3.63) is 71.1 Å². The fourth-order valence-corrected chi connectivity index (χ4v) is 2.61. The lowest BCUT2D eigenvalue weighted by Gasteiger charge is -2.10. The van der Waals surface area contributed by atoms with Crippen LogP contribution in [-0.2, 0) is 0 Å². The molecule has 0 spiro atoms. The van der Waals surface area contributed by atoms with Crippen molar-refractivity contribution in [1.29, 1.82) is 0 Å². The summed E-state index contributed by atoms with van der Waals surface area (Å²) in [5.74, 6) is 0.331. The van der Waals surface area contributed by atoms with Crippen LogP contribution < -0.4 is 4.74 Å². The Morgan fingerprint density at radius 3 is 2.22 bits per heavy atom. The van der Waals surface area contributed by atoms with E-state index in [4.69, 9.17) is 9.15 Å². The number of carbonyl (C=O) groups is 2. The summed E-state index contributed by atoms with van der Waals surface area (Å²) in [6, 6.07) is 13.7. The molecule has 0 saturated heterocycles. The molecule has 0 unspecified atom stereocenters. The molecule has 0 radical (unpaired) electrons. The number of hydrogen-bond acceptors (Lipinski definition) is 5. The highest BCUT2D eigenvalue weighted by molar-refractivity contribution is 6.26. The predicted octanol–water partition coefficient (Wildman–Crippen LogP) is 3.13. The van der Waals surface area contributed by atoms with E-state index in [0.29, 0.717) is 22.4 Å². The van der Waals surface area contributed by atoms with Gasteiger partial charge in [-0.3, -0.25) is 9.59 Å². The molecule has 0 aliphatic heterocycles. The third-order valence-corrected chi connectivity index (χ3v) is 3.80. The summed E-state index contributed by atoms with van der Waals surface area (Å²) < 4.78 is 10.7. The van der Waals surface area contributed by atoms with Crippen molar-refractivity contribution >= 4 is 11.6 Å². The van der Waals surface area contributed by atoms with Crippen molar-refractivity contribution in [3.63, 3.8) is 0 Å². The van der Waals surface area contributed by atoms with Crippen LogP contribution in [0.25, 0.3) is 11.5 Å². The Bertz CT molecular complexity index is 885. The molecule has 0 saturated carbocycles. The summed E-state index contributed by atoms with van der Waals surface area (Å²) in [7, 11) is 1.58. The SMILES string of the molecule is COc1ccc(-c2nc3c(o2)C(=O)c2ccccc2C3=O)cc1. The second-order valence-corrected chi connectivity index (χ2v) is 5.13. The van der Waals surface area contributed by atoms with Crippen molar-refractivity contribution in [2.75, 3.05) is 7.11 Å². The Kier molecular flexibility index (Phi) is 2.87. The quantitative estimate of drug-likeness (QED) is 0.569. The van der Waals surface area contributed by atoms with Crippen molar-refractivity contribution < 1.29 is 18.7 Å². The van der Waals surface area contributed by atoms with Crippen LogP contribution in [-0.4, -0.2) is 23.7 Å². The summed E-state index contributed by atoms with van der Waals surface area (Å²) in [6.45, 7) is 0. The molecule has 1 aliphatic rings. The molecular formula is C18H11NO4. The maximum Gasteiger partial charge on any atom is 0.231 e. The monoisotopic (exact) mass is 305 g/mol. The molecule has 112 valence electrons. The van der Waals surface area contributed by atoms with Gasteiger partial charge in [0.25, 0.3) is 0 Å². The molecule has 0 atom stereocenters. The lowest BCUT2D eigenvalue weighted by Crippen LogP contribution is -2.19. The Balaban J connectivity index is 1.83. The fraction of sp³-hybridized carbons (Fsp3) is 0.0556. The summed E-state index contributed by atoms with van der Waals surface area (Å²) in [4.78, 5) is 29.2. The van der Waals surface area contributed by atoms with Gasteiger partial charge in [0.15, 0.2) is 5.69 Å². The minimum absolute atomic E-state index is 0.000446. The Hall–Kier alpha value is -3.21. The number of oxazole rings is 1. The Morgan fingerprint density at radius 1 is 0.913 bits per heavy atom. The Labute approximate surface area is 131 Å². The van der Waals surface area contributed by atoms with Crippen LogP contribution in [0.2, 0.25) is 0 Å². The van der Waals surface area contributed by atoms with Crippen LogP contribution >= 0.6 is 0 Å². The first kappa shape index (κ1) is 13.5. The van der Waals surface area contributed by atoms with Gasteiger partial charge in [-0.15, -0.1) is 0 Å². The molecular weight excluding hydrogens is 294 g/mol. The molecule has 5 heteroatoms. The molecule has 23 heavy (non-hydrogen) atoms. The second-order valence-electron chi connectivity index (χ2n) is 5.13. The largest absolute Gasteiger partial charge is 0.497 e. The van der Waals surface area contributed by atoms with Gasteiger partial charge in [-0.05, 0) is 24.3 Å². The van der Waals surface area contributed by atoms with Gasteiger partial charge in [0.1, 0.15) is 5.75 Å². The first-order valence-electron chi connectivity index (χ1n) is 7.02. The third-order valence-electron chi connectivity index (χ3n) is 3.80. The van der Waals surface area contributed by atoms with Gasteiger partial charge in [-0.2, -0.15) is 0 Å². The standard InChI is InChI=1S/C18H11NO4/c1-22-11-8-6-10(7-9-11)18-19-14-15(20)12-4-2-3-5-13(12)16(21)17(14)23-18/h2-9H,1H3. The first-order chi connectivity index (χ1) is 11.2. The maximum atomic E-state index is 12.5. The number of ether oxygens (including phenoxy) is 1. The number of benzene rings is 2. The van der Waals surface area contributed by atoms with E-state index in [1.165, 1.54) is 0 Å². The van der Waals surface area contributed by atoms with Gasteiger partial charge in [-0.1, -0.05) is 24.3 Å². The molecule has 1 aromatic heterocycles. The smallest absolute Gasteiger partial charge is 0.231 e. The van der Waals surface area contributed by atoms with Crippen LogP contribution in [0.15, 0.2) is 52.9 Å². The molecule has 1 aliphatic carbocycles. The third kappa shape index (κ3) is 1.97. The fourth-order valence-electron chi connectivity index (χ4n) is 2.61. The number of rotatable bonds is 2. The van der Waals surface area contributed by atoms with Gasteiger partial charge in [0, 0.05) is 16.7 Å². The summed E-state index contributed by atoms with van der Waals surface area (Å²) in [5.41, 5.74) is 1.45. The number of nitrogens with zero attached hydrogens (tertiary/aromatic N) is 1. The van der Waals surface area contributed by atoms with E-state index in [1.807, 2.05) is 0 Å². The predicted molar refractivity (Wildman–Crippen MR) is 81.8 cm³/mol. The molecule has 3 aromatic rings. The van der Waals surface area contributed by atoms with E-state index < -0.39 is 0 Å². The van der Waals surface area contributed by atoms with E-state index in [2.05, 4.69) is 4.98 Å². The van der Waals surface area contributed by atoms with E-state index in [0.717, 1.165) is 0 Å². The second kappa shape index (κ2) is 4.91. The number of carbonyl (C=O) groups excluding carboxylic acids is 2. The lowest BCUT2D eigenvalue weighted by molar-refractivity contribution is 0.0959. The number of aromatic nitrogens is 1. The molecule has 5 nitrogen and oxygen atoms in total. The van der Waals surface area contributed by atoms with Crippen LogP contribution in [0.5, 0.6) is 5.75 Å². The van der Waals surface area contributed by atoms with Crippen molar-refractivity contribution in [3.8, 4) is 17.2 Å². The highest BCUT2D eigenvalue weighted by Gasteiger charge is 2.35. The van der Waals surface area contributed by atoms with Crippen molar-refractivity contribution in [2.24, 2.45) is 0 Å². The minimum Gasteiger partial charge on any atom is -0.497 e. The molecule has 0 amide bonds. The number of methoxy groups -OCH3 is 1. The maximum absolute atomic E-state index is 12.5. The van der Waals surface area contributed by atoms with E-state index >= 15 is 0 Å². The van der Waals surface area contributed by atoms with Gasteiger partial charge in [0.05, 0.1) is 7.11 Å². The van der Waals surface area contributed by atoms with E-state index in [-0.39, 0.29) is 28.9 Å². The summed E-state index contributed by atoms with van der Waals surface area (Å²) >= 11 is 0. The zero-order chi connectivity index (χ0) is 16.0. The van der Waals surface area contributed by atoms with Crippen molar-refractivity contribution in [1.82, 2.24) is 4.98 Å². The Morgan fingerprint density at radius 2 is 1.57 bits per heavy atom. The van der Waals surface area contributed by atoms with Crippen LogP contribution in [0.3, 0.4) is 0 Å². The zero-order valence-corrected chi connectivity index (χ0v) is 12.2. The normalized spacial score (nSPS) is 12.7. The molecule has 2 aromatic carbocycles. The molecule has 0 bridgehead atoms. The molecule has 0 N–H and O–H groups in total. The first-order valence-corrected chi connectivity index (χ1v) is 7.02. The summed E-state index contributed by atoms with van der Waals surface area (Å²) in [5, 5.41) is 0. The van der Waals surface area contributed by atoms with Gasteiger partial charge >= 0.3 is 0 Å². The average molecular weight is 305 g/mol. The zero-order valence-electron chi connectivity index (χ0n) is 12.2. The van der Waals surface area contributed by atoms with Crippen molar-refractivity contribution in [2.45, 2.75) is 0 Å². The van der Waals surface area contributed by atoms with Crippen LogP contribution in [0.1, 0.15) is 32.2 Å².